The van der Waals surface area contributed by atoms with Gasteiger partial charge in [-0.15, -0.1) is 0 Å². The summed E-state index contributed by atoms with van der Waals surface area (Å²) < 4.78 is 41.8. The molecule has 2 N–H and O–H groups in total. The maximum Gasteiger partial charge on any atom is 0.471 e. The van der Waals surface area contributed by atoms with Gasteiger partial charge in [0.05, 0.1) is 6.04 Å². The minimum atomic E-state index is -4.70. The summed E-state index contributed by atoms with van der Waals surface area (Å²) in [6, 6.07) is 3.80. The van der Waals surface area contributed by atoms with Gasteiger partial charge in [0.2, 0.25) is 0 Å². The minimum absolute atomic E-state index is 0.281. The Morgan fingerprint density at radius 2 is 2.05 bits per heavy atom. The van der Waals surface area contributed by atoms with Gasteiger partial charge in [-0.05, 0) is 17.7 Å². The van der Waals surface area contributed by atoms with Crippen LogP contribution in [-0.4, -0.2) is 10.1 Å². The summed E-state index contributed by atoms with van der Waals surface area (Å²) in [5, 5.41) is 3.51. The molecule has 1 heterocycles. The van der Waals surface area contributed by atoms with Crippen LogP contribution in [0.25, 0.3) is 0 Å². The van der Waals surface area contributed by atoms with Crippen molar-refractivity contribution in [3.63, 3.8) is 0 Å². The van der Waals surface area contributed by atoms with Gasteiger partial charge < -0.3 is 10.3 Å². The van der Waals surface area contributed by atoms with Crippen LogP contribution in [0.5, 0.6) is 0 Å². The monoisotopic (exact) mass is 355 g/mol. The van der Waals surface area contributed by atoms with E-state index in [1.54, 1.807) is 18.2 Å². The number of hydrogen-bond donors (Lipinski definition) is 1. The van der Waals surface area contributed by atoms with E-state index in [4.69, 9.17) is 17.3 Å². The van der Waals surface area contributed by atoms with Gasteiger partial charge in [-0.3, -0.25) is 0 Å². The first-order chi connectivity index (χ1) is 8.79. The number of aromatic nitrogens is 2. The molecule has 0 aliphatic heterocycles. The van der Waals surface area contributed by atoms with Gasteiger partial charge in [-0.25, -0.2) is 0 Å². The summed E-state index contributed by atoms with van der Waals surface area (Å²) in [5.74, 6) is -1.72. The van der Waals surface area contributed by atoms with E-state index >= 15 is 0 Å². The molecule has 1 aromatic heterocycles. The lowest BCUT2D eigenvalue weighted by Gasteiger charge is -2.09. The van der Waals surface area contributed by atoms with Crippen LogP contribution in [0.3, 0.4) is 0 Å². The second-order valence-corrected chi connectivity index (χ2v) is 4.92. The highest BCUT2D eigenvalue weighted by Gasteiger charge is 2.39. The van der Waals surface area contributed by atoms with E-state index in [0.717, 1.165) is 4.47 Å². The minimum Gasteiger partial charge on any atom is -0.329 e. The fourth-order valence-corrected chi connectivity index (χ4v) is 2.16. The Hall–Kier alpha value is -1.12. The Morgan fingerprint density at radius 1 is 1.37 bits per heavy atom. The van der Waals surface area contributed by atoms with Crippen LogP contribution in [0, 0.1) is 0 Å². The van der Waals surface area contributed by atoms with Gasteiger partial charge in [-0.2, -0.15) is 18.2 Å². The predicted molar refractivity (Wildman–Crippen MR) is 64.5 cm³/mol. The maximum absolute atomic E-state index is 12.3. The lowest BCUT2D eigenvalue weighted by molar-refractivity contribution is -0.159. The quantitative estimate of drug-likeness (QED) is 0.894. The lowest BCUT2D eigenvalue weighted by atomic mass is 10.1. The van der Waals surface area contributed by atoms with Crippen LogP contribution >= 0.6 is 27.5 Å². The van der Waals surface area contributed by atoms with Crippen molar-refractivity contribution in [2.45, 2.75) is 12.2 Å². The Morgan fingerprint density at radius 3 is 2.58 bits per heavy atom. The van der Waals surface area contributed by atoms with Gasteiger partial charge in [0.15, 0.2) is 5.82 Å². The molecule has 0 amide bonds. The van der Waals surface area contributed by atoms with E-state index in [2.05, 4.69) is 30.6 Å². The van der Waals surface area contributed by atoms with Gasteiger partial charge in [0, 0.05) is 9.50 Å². The van der Waals surface area contributed by atoms with Crippen molar-refractivity contribution in [2.24, 2.45) is 5.73 Å². The van der Waals surface area contributed by atoms with Crippen molar-refractivity contribution in [3.05, 3.63) is 45.0 Å². The zero-order chi connectivity index (χ0) is 14.2. The molecule has 2 aromatic rings. The number of rotatable bonds is 2. The fourth-order valence-electron chi connectivity index (χ4n) is 1.37. The van der Waals surface area contributed by atoms with Gasteiger partial charge in [-0.1, -0.05) is 38.8 Å². The molecule has 102 valence electrons. The number of alkyl halides is 3. The van der Waals surface area contributed by atoms with Crippen molar-refractivity contribution >= 4 is 27.5 Å². The molecule has 19 heavy (non-hydrogen) atoms. The molecule has 0 aliphatic carbocycles. The van der Waals surface area contributed by atoms with E-state index in [0.29, 0.717) is 10.6 Å². The average molecular weight is 357 g/mol. The van der Waals surface area contributed by atoms with Crippen LogP contribution < -0.4 is 5.73 Å². The standard InChI is InChI=1S/C10H6BrClF3N3O/c11-4-1-2-5(6(12)3-4)7(16)8-17-9(19-18-8)10(13,14)15/h1-3,7H,16H2. The molecule has 1 aromatic carbocycles. The highest BCUT2D eigenvalue weighted by Crippen LogP contribution is 2.31. The number of halogens is 5. The van der Waals surface area contributed by atoms with Crippen molar-refractivity contribution in [3.8, 4) is 0 Å². The van der Waals surface area contributed by atoms with Gasteiger partial charge in [0.25, 0.3) is 0 Å². The number of benzene rings is 1. The topological polar surface area (TPSA) is 64.9 Å². The van der Waals surface area contributed by atoms with E-state index in [9.17, 15) is 13.2 Å². The molecule has 2 rings (SSSR count). The third-order valence-electron chi connectivity index (χ3n) is 2.26. The molecule has 0 saturated heterocycles. The fraction of sp³-hybridized carbons (Fsp3) is 0.200. The molecule has 9 heteroatoms. The molecule has 0 bridgehead atoms. The number of nitrogens with two attached hydrogens (primary N) is 1. The molecular formula is C10H6BrClF3N3O. The summed E-state index contributed by atoms with van der Waals surface area (Å²) in [6.07, 6.45) is -4.70. The maximum atomic E-state index is 12.3. The molecular weight excluding hydrogens is 350 g/mol. The molecule has 1 unspecified atom stereocenters. The molecule has 1 atom stereocenters. The van der Waals surface area contributed by atoms with Crippen LogP contribution in [0.2, 0.25) is 5.02 Å². The Balaban J connectivity index is 2.34. The summed E-state index contributed by atoms with van der Waals surface area (Å²) in [5.41, 5.74) is 6.17. The largest absolute Gasteiger partial charge is 0.471 e. The summed E-state index contributed by atoms with van der Waals surface area (Å²) >= 11 is 9.16. The van der Waals surface area contributed by atoms with Crippen LogP contribution in [0.15, 0.2) is 27.2 Å². The predicted octanol–water partition coefficient (Wildman–Crippen LogP) is 3.55. The zero-order valence-electron chi connectivity index (χ0n) is 9.08. The highest BCUT2D eigenvalue weighted by atomic mass is 79.9. The zero-order valence-corrected chi connectivity index (χ0v) is 11.4. The first-order valence-corrected chi connectivity index (χ1v) is 6.07. The van der Waals surface area contributed by atoms with E-state index < -0.39 is 18.1 Å². The van der Waals surface area contributed by atoms with Crippen LogP contribution in [0.4, 0.5) is 13.2 Å². The van der Waals surface area contributed by atoms with Crippen molar-refractivity contribution < 1.29 is 17.7 Å². The molecule has 0 radical (unpaired) electrons. The summed E-state index contributed by atoms with van der Waals surface area (Å²) in [7, 11) is 0. The van der Waals surface area contributed by atoms with Crippen molar-refractivity contribution in [1.29, 1.82) is 0 Å². The second kappa shape index (κ2) is 5.10. The SMILES string of the molecule is NC(c1noc(C(F)(F)F)n1)c1ccc(Br)cc1Cl. The van der Waals surface area contributed by atoms with E-state index in [1.165, 1.54) is 0 Å². The van der Waals surface area contributed by atoms with Crippen LogP contribution in [-0.2, 0) is 6.18 Å². The normalized spacial score (nSPS) is 13.6. The van der Waals surface area contributed by atoms with Crippen molar-refractivity contribution in [1.82, 2.24) is 10.1 Å². The smallest absolute Gasteiger partial charge is 0.329 e. The molecule has 0 saturated carbocycles. The average Bonchev–Trinajstić information content (AvgIpc) is 2.76. The number of nitrogens with zero attached hydrogens (tertiary/aromatic N) is 2. The Bertz CT molecular complexity index is 602. The van der Waals surface area contributed by atoms with Crippen molar-refractivity contribution in [2.75, 3.05) is 0 Å². The Labute approximate surface area is 118 Å². The first kappa shape index (κ1) is 14.3. The van der Waals surface area contributed by atoms with Crippen LogP contribution in [0.1, 0.15) is 23.3 Å². The summed E-state index contributed by atoms with van der Waals surface area (Å²) in [4.78, 5) is 3.22. The molecule has 0 fully saturated rings. The highest BCUT2D eigenvalue weighted by molar-refractivity contribution is 9.10. The summed E-state index contributed by atoms with van der Waals surface area (Å²) in [6.45, 7) is 0. The van der Waals surface area contributed by atoms with Gasteiger partial charge in [0.1, 0.15) is 0 Å². The molecule has 0 spiro atoms. The molecule has 4 nitrogen and oxygen atoms in total. The number of hydrogen-bond acceptors (Lipinski definition) is 4. The second-order valence-electron chi connectivity index (χ2n) is 3.60. The van der Waals surface area contributed by atoms with Gasteiger partial charge >= 0.3 is 12.1 Å². The van der Waals surface area contributed by atoms with E-state index in [-0.39, 0.29) is 5.82 Å². The lowest BCUT2D eigenvalue weighted by Crippen LogP contribution is -2.15. The Kier molecular flexibility index (Phi) is 3.84. The third kappa shape index (κ3) is 3.07. The van der Waals surface area contributed by atoms with E-state index in [1.807, 2.05) is 0 Å². The molecule has 0 aliphatic rings. The third-order valence-corrected chi connectivity index (χ3v) is 3.08. The first-order valence-electron chi connectivity index (χ1n) is 4.90.